The van der Waals surface area contributed by atoms with Crippen molar-refractivity contribution in [3.05, 3.63) is 88.7 Å². The van der Waals surface area contributed by atoms with E-state index in [0.717, 1.165) is 17.5 Å². The van der Waals surface area contributed by atoms with Crippen molar-refractivity contribution in [2.24, 2.45) is 0 Å². The molecule has 1 amide bonds. The predicted octanol–water partition coefficient (Wildman–Crippen LogP) is 5.12. The maximum absolute atomic E-state index is 13.2. The summed E-state index contributed by atoms with van der Waals surface area (Å²) in [4.78, 5) is 20.7. The number of halogens is 2. The third kappa shape index (κ3) is 4.70. The van der Waals surface area contributed by atoms with Gasteiger partial charge in [0, 0.05) is 17.4 Å². The molecule has 0 aliphatic heterocycles. The number of hydrogen-bond acceptors (Lipinski definition) is 5. The first kappa shape index (κ1) is 20.5. The molecule has 0 radical (unpaired) electrons. The topological polar surface area (TPSA) is 81.9 Å². The van der Waals surface area contributed by atoms with E-state index in [4.69, 9.17) is 16.3 Å². The molecule has 0 aliphatic rings. The number of rotatable bonds is 5. The van der Waals surface area contributed by atoms with E-state index in [1.54, 1.807) is 35.0 Å². The van der Waals surface area contributed by atoms with Gasteiger partial charge in [-0.1, -0.05) is 11.6 Å². The summed E-state index contributed by atoms with van der Waals surface area (Å²) in [5.41, 5.74) is 2.55. The lowest BCUT2D eigenvalue weighted by Gasteiger charge is -2.09. The van der Waals surface area contributed by atoms with Crippen LogP contribution in [0.5, 0.6) is 11.6 Å². The first-order chi connectivity index (χ1) is 14.9. The Balaban J connectivity index is 1.46. The number of carbonyl (C=O) groups is 1. The number of amides is 1. The number of ether oxygens (including phenoxy) is 1. The summed E-state index contributed by atoms with van der Waals surface area (Å²) in [5.74, 6) is 0.525. The zero-order valence-electron chi connectivity index (χ0n) is 16.6. The van der Waals surface area contributed by atoms with Gasteiger partial charge >= 0.3 is 0 Å². The Morgan fingerprint density at radius 1 is 1.06 bits per heavy atom. The summed E-state index contributed by atoms with van der Waals surface area (Å²) in [6.07, 6.45) is 1.40. The number of benzene rings is 2. The number of aryl methyl sites for hydroxylation is 2. The maximum atomic E-state index is 13.2. The van der Waals surface area contributed by atoms with Crippen molar-refractivity contribution in [1.82, 2.24) is 19.7 Å². The lowest BCUT2D eigenvalue weighted by molar-refractivity contribution is 0.102. The van der Waals surface area contributed by atoms with Crippen molar-refractivity contribution in [3.8, 4) is 17.4 Å². The number of aromatic nitrogens is 4. The maximum Gasteiger partial charge on any atom is 0.257 e. The Kier molecular flexibility index (Phi) is 5.64. The van der Waals surface area contributed by atoms with E-state index in [1.165, 1.54) is 18.5 Å². The number of nitrogens with zero attached hydrogens (tertiary/aromatic N) is 4. The molecule has 0 atom stereocenters. The average molecular weight is 438 g/mol. The van der Waals surface area contributed by atoms with Gasteiger partial charge in [0.2, 0.25) is 5.88 Å². The SMILES string of the molecule is Cc1cc(C)n(-c2cc(Oc3ccc(NC(=O)c4ccc(F)cc4Cl)cc3)ncn2)n1. The van der Waals surface area contributed by atoms with Crippen molar-refractivity contribution in [2.45, 2.75) is 13.8 Å². The molecule has 0 aliphatic carbocycles. The van der Waals surface area contributed by atoms with Crippen LogP contribution >= 0.6 is 11.6 Å². The minimum Gasteiger partial charge on any atom is -0.439 e. The molecule has 0 bridgehead atoms. The molecule has 4 rings (SSSR count). The third-order valence-corrected chi connectivity index (χ3v) is 4.68. The highest BCUT2D eigenvalue weighted by Crippen LogP contribution is 2.24. The molecule has 31 heavy (non-hydrogen) atoms. The van der Waals surface area contributed by atoms with Gasteiger partial charge < -0.3 is 10.1 Å². The van der Waals surface area contributed by atoms with E-state index < -0.39 is 11.7 Å². The fourth-order valence-electron chi connectivity index (χ4n) is 2.96. The second kappa shape index (κ2) is 8.53. The Labute approximate surface area is 182 Å². The van der Waals surface area contributed by atoms with E-state index >= 15 is 0 Å². The summed E-state index contributed by atoms with van der Waals surface area (Å²) in [6.45, 7) is 3.85. The van der Waals surface area contributed by atoms with Gasteiger partial charge in [-0.3, -0.25) is 4.79 Å². The lowest BCUT2D eigenvalue weighted by Crippen LogP contribution is -2.12. The fourth-order valence-corrected chi connectivity index (χ4v) is 3.21. The number of carbonyl (C=O) groups excluding carboxylic acids is 1. The molecule has 0 saturated carbocycles. The summed E-state index contributed by atoms with van der Waals surface area (Å²) in [5, 5.41) is 7.16. The van der Waals surface area contributed by atoms with Crippen molar-refractivity contribution in [1.29, 1.82) is 0 Å². The Morgan fingerprint density at radius 2 is 1.84 bits per heavy atom. The first-order valence-corrected chi connectivity index (χ1v) is 9.67. The third-order valence-electron chi connectivity index (χ3n) is 4.36. The van der Waals surface area contributed by atoms with E-state index in [9.17, 15) is 9.18 Å². The van der Waals surface area contributed by atoms with E-state index in [-0.39, 0.29) is 10.6 Å². The zero-order chi connectivity index (χ0) is 22.0. The standard InChI is InChI=1S/C22H17ClFN5O2/c1-13-9-14(2)29(28-13)20-11-21(26-12-25-20)31-17-6-4-16(5-7-17)27-22(30)18-8-3-15(24)10-19(18)23/h3-12H,1-2H3,(H,27,30). The van der Waals surface area contributed by atoms with Crippen LogP contribution in [0.2, 0.25) is 5.02 Å². The molecule has 0 saturated heterocycles. The van der Waals surface area contributed by atoms with Crippen LogP contribution in [0.25, 0.3) is 5.82 Å². The summed E-state index contributed by atoms with van der Waals surface area (Å²) < 4.78 is 20.7. The van der Waals surface area contributed by atoms with Gasteiger partial charge in [-0.05, 0) is 62.4 Å². The highest BCUT2D eigenvalue weighted by atomic mass is 35.5. The fraction of sp³-hybridized carbons (Fsp3) is 0.0909. The van der Waals surface area contributed by atoms with Gasteiger partial charge in [0.1, 0.15) is 17.9 Å². The van der Waals surface area contributed by atoms with Gasteiger partial charge in [-0.2, -0.15) is 5.10 Å². The molecule has 0 spiro atoms. The summed E-state index contributed by atoms with van der Waals surface area (Å²) >= 11 is 5.94. The molecule has 4 aromatic rings. The smallest absolute Gasteiger partial charge is 0.257 e. The van der Waals surface area contributed by atoms with Crippen LogP contribution in [0.1, 0.15) is 21.7 Å². The van der Waals surface area contributed by atoms with Gasteiger partial charge in [-0.15, -0.1) is 0 Å². The Morgan fingerprint density at radius 3 is 2.52 bits per heavy atom. The highest BCUT2D eigenvalue weighted by molar-refractivity contribution is 6.34. The largest absolute Gasteiger partial charge is 0.439 e. The molecule has 9 heteroatoms. The molecule has 7 nitrogen and oxygen atoms in total. The average Bonchev–Trinajstić information content (AvgIpc) is 3.07. The van der Waals surface area contributed by atoms with E-state index in [0.29, 0.717) is 23.1 Å². The minimum absolute atomic E-state index is 0.0413. The van der Waals surface area contributed by atoms with Crippen LogP contribution in [-0.2, 0) is 0 Å². The highest BCUT2D eigenvalue weighted by Gasteiger charge is 2.12. The lowest BCUT2D eigenvalue weighted by atomic mass is 10.2. The van der Waals surface area contributed by atoms with Crippen molar-refractivity contribution >= 4 is 23.2 Å². The Hall–Kier alpha value is -3.78. The zero-order valence-corrected chi connectivity index (χ0v) is 17.4. The molecular weight excluding hydrogens is 421 g/mol. The minimum atomic E-state index is -0.506. The number of anilines is 1. The van der Waals surface area contributed by atoms with Crippen LogP contribution in [-0.4, -0.2) is 25.7 Å². The summed E-state index contributed by atoms with van der Waals surface area (Å²) in [6, 6.07) is 14.0. The van der Waals surface area contributed by atoms with E-state index in [1.807, 2.05) is 19.9 Å². The molecule has 156 valence electrons. The van der Waals surface area contributed by atoms with Crippen LogP contribution in [0.4, 0.5) is 10.1 Å². The van der Waals surface area contributed by atoms with Gasteiger partial charge in [0.25, 0.3) is 5.91 Å². The Bertz CT molecular complexity index is 1260. The predicted molar refractivity (Wildman–Crippen MR) is 115 cm³/mol. The summed E-state index contributed by atoms with van der Waals surface area (Å²) in [7, 11) is 0. The van der Waals surface area contributed by atoms with Crippen LogP contribution in [0, 0.1) is 19.7 Å². The molecule has 0 fully saturated rings. The van der Waals surface area contributed by atoms with Crippen molar-refractivity contribution in [3.63, 3.8) is 0 Å². The van der Waals surface area contributed by atoms with Crippen LogP contribution in [0.15, 0.2) is 60.9 Å². The monoisotopic (exact) mass is 437 g/mol. The van der Waals surface area contributed by atoms with Crippen molar-refractivity contribution in [2.75, 3.05) is 5.32 Å². The first-order valence-electron chi connectivity index (χ1n) is 9.29. The van der Waals surface area contributed by atoms with E-state index in [2.05, 4.69) is 20.4 Å². The second-order valence-corrected chi connectivity index (χ2v) is 7.17. The second-order valence-electron chi connectivity index (χ2n) is 6.76. The van der Waals surface area contributed by atoms with Gasteiger partial charge in [0.05, 0.1) is 16.3 Å². The van der Waals surface area contributed by atoms with Crippen LogP contribution in [0.3, 0.4) is 0 Å². The molecular formula is C22H17ClFN5O2. The molecule has 1 N–H and O–H groups in total. The van der Waals surface area contributed by atoms with Crippen LogP contribution < -0.4 is 10.1 Å². The molecule has 2 heterocycles. The number of nitrogens with one attached hydrogen (secondary N) is 1. The van der Waals surface area contributed by atoms with Gasteiger partial charge in [0.15, 0.2) is 5.82 Å². The normalized spacial score (nSPS) is 10.7. The molecule has 2 aromatic heterocycles. The van der Waals surface area contributed by atoms with Crippen molar-refractivity contribution < 1.29 is 13.9 Å². The molecule has 0 unspecified atom stereocenters. The number of hydrogen-bond donors (Lipinski definition) is 1. The van der Waals surface area contributed by atoms with Gasteiger partial charge in [-0.25, -0.2) is 19.0 Å². The molecule has 2 aromatic carbocycles. The quantitative estimate of drug-likeness (QED) is 0.468.